The summed E-state index contributed by atoms with van der Waals surface area (Å²) >= 11 is 0. The van der Waals surface area contributed by atoms with Gasteiger partial charge in [0.15, 0.2) is 0 Å². The van der Waals surface area contributed by atoms with E-state index in [-0.39, 0.29) is 5.41 Å². The van der Waals surface area contributed by atoms with Crippen molar-refractivity contribution >= 4 is 17.1 Å². The molecule has 2 aliphatic rings. The standard InChI is InChI=1S/C54H43N/c1-4-19-39(20-5-1)41-23-18-24-42(37-41)55(43-33-34-49-48-29-12-14-31-51(48)54(52(49)38-43)35-16-3-17-36-54)53-32-15-13-30-50(53)47-28-11-10-27-46(47)45-26-9-8-25-44(45)40-21-6-2-7-22-40/h1-2,4-15,18-34,37-38H,3,16-17,35-36H2. The average Bonchev–Trinajstić information content (AvgIpc) is 3.52. The van der Waals surface area contributed by atoms with Gasteiger partial charge in [0.1, 0.15) is 0 Å². The Kier molecular flexibility index (Phi) is 8.49. The molecule has 2 aliphatic carbocycles. The Labute approximate surface area is 325 Å². The molecule has 0 amide bonds. The molecule has 0 aromatic heterocycles. The van der Waals surface area contributed by atoms with Crippen molar-refractivity contribution in [2.24, 2.45) is 0 Å². The van der Waals surface area contributed by atoms with Crippen molar-refractivity contribution in [3.63, 3.8) is 0 Å². The van der Waals surface area contributed by atoms with Gasteiger partial charge in [-0.25, -0.2) is 0 Å². The van der Waals surface area contributed by atoms with E-state index >= 15 is 0 Å². The third-order valence-corrected chi connectivity index (χ3v) is 12.1. The van der Waals surface area contributed by atoms with Gasteiger partial charge in [-0.1, -0.05) is 189 Å². The van der Waals surface area contributed by atoms with Crippen molar-refractivity contribution in [2.45, 2.75) is 37.5 Å². The molecular weight excluding hydrogens is 663 g/mol. The van der Waals surface area contributed by atoms with E-state index in [0.717, 1.165) is 11.4 Å². The summed E-state index contributed by atoms with van der Waals surface area (Å²) in [7, 11) is 0. The Bertz CT molecular complexity index is 2630. The second-order valence-electron chi connectivity index (χ2n) is 15.1. The number of benzene rings is 8. The van der Waals surface area contributed by atoms with E-state index in [2.05, 4.69) is 205 Å². The number of hydrogen-bond acceptors (Lipinski definition) is 1. The SMILES string of the molecule is c1ccc(-c2cccc(N(c3ccc4c(c3)C3(CCCCC3)c3ccccc3-4)c3ccccc3-c3ccccc3-c3ccccc3-c3ccccc3)c2)cc1. The minimum absolute atomic E-state index is 0.0605. The van der Waals surface area contributed by atoms with Crippen molar-refractivity contribution in [1.82, 2.24) is 0 Å². The van der Waals surface area contributed by atoms with E-state index < -0.39 is 0 Å². The second-order valence-corrected chi connectivity index (χ2v) is 15.1. The van der Waals surface area contributed by atoms with Crippen LogP contribution in [-0.4, -0.2) is 0 Å². The fourth-order valence-corrected chi connectivity index (χ4v) is 9.60. The van der Waals surface area contributed by atoms with E-state index in [1.165, 1.54) is 105 Å². The van der Waals surface area contributed by atoms with Gasteiger partial charge in [0, 0.05) is 22.4 Å². The molecule has 0 unspecified atom stereocenters. The van der Waals surface area contributed by atoms with Gasteiger partial charge in [0.25, 0.3) is 0 Å². The van der Waals surface area contributed by atoms with Gasteiger partial charge in [0.05, 0.1) is 5.69 Å². The molecule has 1 saturated carbocycles. The highest BCUT2D eigenvalue weighted by atomic mass is 15.1. The molecule has 0 heterocycles. The summed E-state index contributed by atoms with van der Waals surface area (Å²) in [5.41, 5.74) is 19.1. The Hall–Kier alpha value is -6.44. The van der Waals surface area contributed by atoms with Crippen LogP contribution in [-0.2, 0) is 5.41 Å². The Morgan fingerprint density at radius 1 is 0.309 bits per heavy atom. The summed E-state index contributed by atoms with van der Waals surface area (Å²) in [6.07, 6.45) is 6.26. The van der Waals surface area contributed by atoms with Gasteiger partial charge in [-0.2, -0.15) is 0 Å². The first-order chi connectivity index (χ1) is 27.3. The molecule has 1 nitrogen and oxygen atoms in total. The largest absolute Gasteiger partial charge is 0.310 e. The maximum Gasteiger partial charge on any atom is 0.0540 e. The molecule has 0 radical (unpaired) electrons. The van der Waals surface area contributed by atoms with Crippen LogP contribution in [0.3, 0.4) is 0 Å². The van der Waals surface area contributed by atoms with Crippen molar-refractivity contribution < 1.29 is 0 Å². The summed E-state index contributed by atoms with van der Waals surface area (Å²) in [5.74, 6) is 0. The van der Waals surface area contributed by atoms with Gasteiger partial charge in [-0.15, -0.1) is 0 Å². The minimum Gasteiger partial charge on any atom is -0.310 e. The lowest BCUT2D eigenvalue weighted by atomic mass is 9.68. The number of hydrogen-bond donors (Lipinski definition) is 0. The summed E-state index contributed by atoms with van der Waals surface area (Å²) in [5, 5.41) is 0. The van der Waals surface area contributed by atoms with Crippen LogP contribution in [0, 0.1) is 0 Å². The molecule has 0 saturated heterocycles. The second kappa shape index (κ2) is 14.1. The highest BCUT2D eigenvalue weighted by Gasteiger charge is 2.44. The quantitative estimate of drug-likeness (QED) is 0.160. The fourth-order valence-electron chi connectivity index (χ4n) is 9.60. The van der Waals surface area contributed by atoms with Gasteiger partial charge in [-0.3, -0.25) is 0 Å². The normalized spacial score (nSPS) is 14.0. The van der Waals surface area contributed by atoms with Crippen molar-refractivity contribution in [2.75, 3.05) is 4.90 Å². The third kappa shape index (κ3) is 5.79. The monoisotopic (exact) mass is 705 g/mol. The van der Waals surface area contributed by atoms with Crippen LogP contribution in [0.1, 0.15) is 43.2 Å². The zero-order valence-electron chi connectivity index (χ0n) is 31.0. The number of para-hydroxylation sites is 1. The van der Waals surface area contributed by atoms with Crippen LogP contribution in [0.4, 0.5) is 17.1 Å². The Morgan fingerprint density at radius 3 is 1.55 bits per heavy atom. The molecule has 8 aromatic carbocycles. The number of rotatable bonds is 7. The smallest absolute Gasteiger partial charge is 0.0540 e. The van der Waals surface area contributed by atoms with Gasteiger partial charge in [-0.05, 0) is 104 Å². The predicted octanol–water partition coefficient (Wildman–Crippen LogP) is 15.1. The maximum absolute atomic E-state index is 2.54. The minimum atomic E-state index is 0.0605. The molecule has 0 N–H and O–H groups in total. The van der Waals surface area contributed by atoms with Crippen LogP contribution in [0.2, 0.25) is 0 Å². The van der Waals surface area contributed by atoms with Crippen molar-refractivity contribution in [3.8, 4) is 55.6 Å². The number of anilines is 3. The first kappa shape index (κ1) is 33.2. The highest BCUT2D eigenvalue weighted by Crippen LogP contribution is 2.57. The molecule has 0 atom stereocenters. The van der Waals surface area contributed by atoms with E-state index in [4.69, 9.17) is 0 Å². The predicted molar refractivity (Wildman–Crippen MR) is 232 cm³/mol. The van der Waals surface area contributed by atoms with Gasteiger partial charge >= 0.3 is 0 Å². The lowest BCUT2D eigenvalue weighted by molar-refractivity contribution is 0.353. The van der Waals surface area contributed by atoms with Crippen molar-refractivity contribution in [3.05, 3.63) is 211 Å². The van der Waals surface area contributed by atoms with Crippen LogP contribution < -0.4 is 4.90 Å². The van der Waals surface area contributed by atoms with Crippen LogP contribution >= 0.6 is 0 Å². The first-order valence-electron chi connectivity index (χ1n) is 19.8. The van der Waals surface area contributed by atoms with E-state index in [0.29, 0.717) is 0 Å². The van der Waals surface area contributed by atoms with E-state index in [1.807, 2.05) is 0 Å². The molecule has 1 spiro atoms. The molecule has 1 fully saturated rings. The maximum atomic E-state index is 2.54. The Balaban J connectivity index is 1.19. The molecular formula is C54H43N. The number of fused-ring (bicyclic) bond motifs is 5. The molecule has 0 bridgehead atoms. The first-order valence-corrected chi connectivity index (χ1v) is 19.8. The zero-order valence-corrected chi connectivity index (χ0v) is 31.0. The van der Waals surface area contributed by atoms with Crippen molar-refractivity contribution in [1.29, 1.82) is 0 Å². The summed E-state index contributed by atoms with van der Waals surface area (Å²) < 4.78 is 0. The molecule has 55 heavy (non-hydrogen) atoms. The molecule has 264 valence electrons. The summed E-state index contributed by atoms with van der Waals surface area (Å²) in [6, 6.07) is 73.9. The third-order valence-electron chi connectivity index (χ3n) is 12.1. The topological polar surface area (TPSA) is 3.24 Å². The lowest BCUT2D eigenvalue weighted by Gasteiger charge is -2.37. The summed E-state index contributed by atoms with van der Waals surface area (Å²) in [6.45, 7) is 0. The summed E-state index contributed by atoms with van der Waals surface area (Å²) in [4.78, 5) is 2.52. The molecule has 8 aromatic rings. The number of nitrogens with zero attached hydrogens (tertiary/aromatic N) is 1. The lowest BCUT2D eigenvalue weighted by Crippen LogP contribution is -2.28. The Morgan fingerprint density at radius 2 is 0.818 bits per heavy atom. The average molecular weight is 706 g/mol. The highest BCUT2D eigenvalue weighted by molar-refractivity contribution is 5.98. The van der Waals surface area contributed by atoms with E-state index in [1.54, 1.807) is 0 Å². The zero-order chi connectivity index (χ0) is 36.6. The van der Waals surface area contributed by atoms with Crippen LogP contribution in [0.25, 0.3) is 55.6 Å². The fraction of sp³-hybridized carbons (Fsp3) is 0.111. The van der Waals surface area contributed by atoms with Crippen LogP contribution in [0.15, 0.2) is 200 Å². The van der Waals surface area contributed by atoms with E-state index in [9.17, 15) is 0 Å². The molecule has 10 rings (SSSR count). The van der Waals surface area contributed by atoms with Gasteiger partial charge < -0.3 is 4.90 Å². The van der Waals surface area contributed by atoms with Crippen LogP contribution in [0.5, 0.6) is 0 Å². The molecule has 0 aliphatic heterocycles. The molecule has 1 heteroatoms. The van der Waals surface area contributed by atoms with Gasteiger partial charge in [0.2, 0.25) is 0 Å².